The van der Waals surface area contributed by atoms with Crippen molar-refractivity contribution in [1.82, 2.24) is 4.90 Å². The van der Waals surface area contributed by atoms with Gasteiger partial charge in [0, 0.05) is 22.4 Å². The third-order valence-electron chi connectivity index (χ3n) is 1.32. The fourth-order valence-corrected chi connectivity index (χ4v) is 1.44. The SMILES string of the molecule is CC(C)N(C([O-])=S)C(C)C.NC([O-])=S.[Cu+2]. The predicted octanol–water partition coefficient (Wildman–Crippen LogP) is -0.662. The van der Waals surface area contributed by atoms with Crippen molar-refractivity contribution in [2.75, 3.05) is 0 Å². The van der Waals surface area contributed by atoms with Gasteiger partial charge in [-0.15, -0.1) is 0 Å². The average Bonchev–Trinajstić information content (AvgIpc) is 1.80. The van der Waals surface area contributed by atoms with Crippen LogP contribution in [-0.4, -0.2) is 27.3 Å². The minimum atomic E-state index is -0.750. The molecule has 7 heteroatoms. The van der Waals surface area contributed by atoms with E-state index in [-0.39, 0.29) is 34.3 Å². The van der Waals surface area contributed by atoms with Crippen LogP contribution >= 0.6 is 24.4 Å². The number of thiocarbonyl (C=S) groups is 2. The molecule has 93 valence electrons. The molecule has 0 aliphatic heterocycles. The van der Waals surface area contributed by atoms with Crippen LogP contribution in [-0.2, 0) is 17.1 Å². The first-order chi connectivity index (χ1) is 6.20. The van der Waals surface area contributed by atoms with Gasteiger partial charge in [0.2, 0.25) is 0 Å². The van der Waals surface area contributed by atoms with E-state index in [0.717, 1.165) is 0 Å². The third-order valence-corrected chi connectivity index (χ3v) is 1.53. The van der Waals surface area contributed by atoms with Crippen LogP contribution in [0.25, 0.3) is 0 Å². The number of hydrogen-bond donors (Lipinski definition) is 1. The van der Waals surface area contributed by atoms with E-state index in [1.165, 1.54) is 0 Å². The molecule has 1 radical (unpaired) electrons. The molecule has 0 aromatic carbocycles. The fraction of sp³-hybridized carbons (Fsp3) is 0.750. The monoisotopic (exact) mass is 299 g/mol. The maximum absolute atomic E-state index is 10.8. The van der Waals surface area contributed by atoms with E-state index in [1.54, 1.807) is 4.90 Å². The zero-order valence-corrected chi connectivity index (χ0v) is 11.7. The Bertz CT molecular complexity index is 189. The summed E-state index contributed by atoms with van der Waals surface area (Å²) in [5, 5.41) is 18.8. The molecule has 4 nitrogen and oxygen atoms in total. The Balaban J connectivity index is -0.000000249. The summed E-state index contributed by atoms with van der Waals surface area (Å²) < 4.78 is 0. The summed E-state index contributed by atoms with van der Waals surface area (Å²) in [4.78, 5) is 1.68. The summed E-state index contributed by atoms with van der Waals surface area (Å²) >= 11 is 8.30. The molecular formula is C8H16CuN2O2S2. The first-order valence-electron chi connectivity index (χ1n) is 4.15. The van der Waals surface area contributed by atoms with Crippen LogP contribution in [0.4, 0.5) is 0 Å². The van der Waals surface area contributed by atoms with Crippen LogP contribution in [0.3, 0.4) is 0 Å². The van der Waals surface area contributed by atoms with Gasteiger partial charge in [-0.05, 0) is 27.7 Å². The Kier molecular flexibility index (Phi) is 14.1. The number of nitrogens with zero attached hydrogens (tertiary/aromatic N) is 1. The van der Waals surface area contributed by atoms with Gasteiger partial charge >= 0.3 is 17.1 Å². The summed E-state index contributed by atoms with van der Waals surface area (Å²) in [5.74, 6) is 0. The molecule has 0 unspecified atom stereocenters. The van der Waals surface area contributed by atoms with Gasteiger partial charge in [-0.3, -0.25) is 0 Å². The molecule has 0 rings (SSSR count). The van der Waals surface area contributed by atoms with Crippen LogP contribution in [0.5, 0.6) is 0 Å². The maximum atomic E-state index is 10.8. The number of nitrogens with two attached hydrogens (primary N) is 1. The zero-order valence-electron chi connectivity index (χ0n) is 9.11. The van der Waals surface area contributed by atoms with Gasteiger partial charge in [0.1, 0.15) is 0 Å². The molecule has 0 saturated heterocycles. The van der Waals surface area contributed by atoms with Gasteiger partial charge in [0.25, 0.3) is 0 Å². The van der Waals surface area contributed by atoms with Crippen LogP contribution in [0.1, 0.15) is 27.7 Å². The van der Waals surface area contributed by atoms with E-state index in [9.17, 15) is 5.11 Å². The summed E-state index contributed by atoms with van der Waals surface area (Å²) in [5.41, 5.74) is 4.29. The molecule has 2 N–H and O–H groups in total. The van der Waals surface area contributed by atoms with E-state index in [1.807, 2.05) is 27.7 Å². The van der Waals surface area contributed by atoms with Gasteiger partial charge < -0.3 is 20.8 Å². The summed E-state index contributed by atoms with van der Waals surface area (Å²) in [7, 11) is 0. The van der Waals surface area contributed by atoms with Crippen molar-refractivity contribution in [3.63, 3.8) is 0 Å². The zero-order chi connectivity index (χ0) is 11.9. The maximum Gasteiger partial charge on any atom is 2.00 e. The van der Waals surface area contributed by atoms with Crippen molar-refractivity contribution in [3.05, 3.63) is 0 Å². The van der Waals surface area contributed by atoms with E-state index in [2.05, 4.69) is 30.2 Å². The molecule has 0 bridgehead atoms. The molecule has 0 spiro atoms. The van der Waals surface area contributed by atoms with Crippen molar-refractivity contribution >= 4 is 34.8 Å². The van der Waals surface area contributed by atoms with Gasteiger partial charge in [-0.2, -0.15) is 0 Å². The molecular weight excluding hydrogens is 284 g/mol. The second-order valence-electron chi connectivity index (χ2n) is 3.18. The molecule has 15 heavy (non-hydrogen) atoms. The first-order valence-corrected chi connectivity index (χ1v) is 4.97. The van der Waals surface area contributed by atoms with Crippen LogP contribution in [0.2, 0.25) is 0 Å². The average molecular weight is 300 g/mol. The van der Waals surface area contributed by atoms with E-state index >= 15 is 0 Å². The van der Waals surface area contributed by atoms with Crippen LogP contribution in [0.15, 0.2) is 0 Å². The van der Waals surface area contributed by atoms with Crippen molar-refractivity contribution in [3.8, 4) is 0 Å². The minimum absolute atomic E-state index is 0. The topological polar surface area (TPSA) is 75.4 Å². The smallest absolute Gasteiger partial charge is 0.852 e. The number of hydrogen-bond acceptors (Lipinski definition) is 4. The molecule has 0 aliphatic rings. The van der Waals surface area contributed by atoms with Crippen LogP contribution in [0, 0.1) is 0 Å². The summed E-state index contributed by atoms with van der Waals surface area (Å²) in [6.07, 6.45) is 0. The largest absolute Gasteiger partial charge is 2.00 e. The fourth-order valence-electron chi connectivity index (χ4n) is 1.02. The predicted molar refractivity (Wildman–Crippen MR) is 61.5 cm³/mol. The van der Waals surface area contributed by atoms with E-state index in [0.29, 0.717) is 0 Å². The minimum Gasteiger partial charge on any atom is -0.852 e. The van der Waals surface area contributed by atoms with Crippen molar-refractivity contribution in [2.45, 2.75) is 39.8 Å². The quantitative estimate of drug-likeness (QED) is 0.539. The Morgan fingerprint density at radius 3 is 1.27 bits per heavy atom. The Morgan fingerprint density at radius 1 is 1.07 bits per heavy atom. The second-order valence-corrected chi connectivity index (χ2v) is 3.93. The van der Waals surface area contributed by atoms with E-state index in [4.69, 9.17) is 5.11 Å². The summed E-state index contributed by atoms with van der Waals surface area (Å²) in [6, 6.07) is 0.426. The molecule has 0 atom stereocenters. The Labute approximate surface area is 112 Å². The third kappa shape index (κ3) is 13.9. The van der Waals surface area contributed by atoms with Crippen LogP contribution < -0.4 is 15.9 Å². The van der Waals surface area contributed by atoms with Gasteiger partial charge in [-0.25, -0.2) is 0 Å². The van der Waals surface area contributed by atoms with Gasteiger partial charge in [0.15, 0.2) is 0 Å². The van der Waals surface area contributed by atoms with E-state index < -0.39 is 5.17 Å². The second kappa shape index (κ2) is 10.4. The molecule has 0 fully saturated rings. The van der Waals surface area contributed by atoms with Gasteiger partial charge in [0.05, 0.1) is 0 Å². The molecule has 0 aromatic rings. The van der Waals surface area contributed by atoms with Gasteiger partial charge in [-0.1, -0.05) is 24.4 Å². The molecule has 0 aliphatic carbocycles. The molecule has 0 aromatic heterocycles. The normalized spacial score (nSPS) is 8.67. The van der Waals surface area contributed by atoms with Crippen molar-refractivity contribution in [2.24, 2.45) is 5.73 Å². The first kappa shape index (κ1) is 20.3. The summed E-state index contributed by atoms with van der Waals surface area (Å²) in [6.45, 7) is 7.85. The molecule has 0 amide bonds. The standard InChI is InChI=1S/C7H15NOS.CH3NOS.Cu/c1-5(2)8(6(3)4)7(9)10;2-1(3)4;/h5-6H,1-4H3,(H,9,10);(H3,2,3,4);/q;;+2/p-2. The van der Waals surface area contributed by atoms with Crippen molar-refractivity contribution in [1.29, 1.82) is 0 Å². The Morgan fingerprint density at radius 2 is 1.27 bits per heavy atom. The number of rotatable bonds is 2. The molecule has 0 saturated carbocycles. The molecule has 0 heterocycles. The van der Waals surface area contributed by atoms with Crippen molar-refractivity contribution < 1.29 is 27.3 Å². The Hall–Kier alpha value is -0.101.